The highest BCUT2D eigenvalue weighted by molar-refractivity contribution is 7.80. The summed E-state index contributed by atoms with van der Waals surface area (Å²) in [5.41, 5.74) is 3.55. The molecule has 0 aliphatic heterocycles. The number of nitrogens with one attached hydrogen (secondary N) is 2. The molecular formula is C14H14ClN3OS. The summed E-state index contributed by atoms with van der Waals surface area (Å²) < 4.78 is 5.65. The van der Waals surface area contributed by atoms with E-state index in [1.807, 2.05) is 43.3 Å². The highest BCUT2D eigenvalue weighted by Crippen LogP contribution is 2.28. The van der Waals surface area contributed by atoms with Crippen LogP contribution in [0.4, 0.5) is 0 Å². The molecule has 6 heteroatoms. The molecule has 0 spiro atoms. The summed E-state index contributed by atoms with van der Waals surface area (Å²) >= 11 is 11.1. The van der Waals surface area contributed by atoms with Gasteiger partial charge >= 0.3 is 0 Å². The number of furan rings is 1. The molecule has 0 bridgehead atoms. The molecule has 0 saturated heterocycles. The molecule has 0 aliphatic carbocycles. The molecule has 0 saturated carbocycles. The number of hydrogen-bond donors (Lipinski definition) is 2. The summed E-state index contributed by atoms with van der Waals surface area (Å²) in [6.07, 6.45) is 1.56. The molecule has 0 atom stereocenters. The van der Waals surface area contributed by atoms with Crippen molar-refractivity contribution < 1.29 is 4.42 Å². The Morgan fingerprint density at radius 3 is 2.90 bits per heavy atom. The molecule has 104 valence electrons. The Morgan fingerprint density at radius 1 is 1.35 bits per heavy atom. The molecule has 0 fully saturated rings. The van der Waals surface area contributed by atoms with E-state index in [0.717, 1.165) is 12.1 Å². The number of nitrogens with zero attached hydrogens (tertiary/aromatic N) is 1. The number of thiocarbonyl (C=S) groups is 1. The maximum Gasteiger partial charge on any atom is 0.186 e. The lowest BCUT2D eigenvalue weighted by Crippen LogP contribution is -2.31. The molecule has 2 aromatic rings. The predicted molar refractivity (Wildman–Crippen MR) is 86.2 cm³/mol. The summed E-state index contributed by atoms with van der Waals surface area (Å²) in [6.45, 7) is 2.71. The molecule has 2 N–H and O–H groups in total. The number of rotatable bonds is 4. The zero-order valence-corrected chi connectivity index (χ0v) is 12.5. The second kappa shape index (κ2) is 7.07. The SMILES string of the molecule is CCNC(=S)N/N=C\c1ccc(-c2ccccc2Cl)o1. The van der Waals surface area contributed by atoms with Crippen molar-refractivity contribution in [3.05, 3.63) is 47.2 Å². The smallest absolute Gasteiger partial charge is 0.186 e. The van der Waals surface area contributed by atoms with E-state index in [4.69, 9.17) is 28.2 Å². The van der Waals surface area contributed by atoms with E-state index >= 15 is 0 Å². The van der Waals surface area contributed by atoms with Gasteiger partial charge in [0, 0.05) is 12.1 Å². The van der Waals surface area contributed by atoms with E-state index in [-0.39, 0.29) is 0 Å². The average Bonchev–Trinajstić information content (AvgIpc) is 2.88. The van der Waals surface area contributed by atoms with Crippen molar-refractivity contribution in [2.45, 2.75) is 6.92 Å². The fraction of sp³-hybridized carbons (Fsp3) is 0.143. The molecule has 4 nitrogen and oxygen atoms in total. The van der Waals surface area contributed by atoms with Crippen LogP contribution >= 0.6 is 23.8 Å². The van der Waals surface area contributed by atoms with Gasteiger partial charge in [-0.15, -0.1) is 0 Å². The Hall–Kier alpha value is -1.85. The van der Waals surface area contributed by atoms with Gasteiger partial charge in [-0.05, 0) is 43.4 Å². The second-order valence-corrected chi connectivity index (χ2v) is 4.73. The van der Waals surface area contributed by atoms with Gasteiger partial charge < -0.3 is 9.73 Å². The lowest BCUT2D eigenvalue weighted by Gasteiger charge is -2.02. The summed E-state index contributed by atoms with van der Waals surface area (Å²) in [7, 11) is 0. The topological polar surface area (TPSA) is 49.6 Å². The van der Waals surface area contributed by atoms with Crippen molar-refractivity contribution in [1.82, 2.24) is 10.7 Å². The van der Waals surface area contributed by atoms with Crippen LogP contribution in [0.3, 0.4) is 0 Å². The number of halogens is 1. The molecule has 1 aromatic heterocycles. The lowest BCUT2D eigenvalue weighted by molar-refractivity contribution is 0.574. The van der Waals surface area contributed by atoms with Crippen molar-refractivity contribution in [1.29, 1.82) is 0 Å². The van der Waals surface area contributed by atoms with Crippen molar-refractivity contribution in [2.24, 2.45) is 5.10 Å². The van der Waals surface area contributed by atoms with Crippen LogP contribution in [0.2, 0.25) is 5.02 Å². The van der Waals surface area contributed by atoms with Crippen molar-refractivity contribution in [3.63, 3.8) is 0 Å². The number of hydrazone groups is 1. The summed E-state index contributed by atoms with van der Waals surface area (Å²) in [5.74, 6) is 1.32. The van der Waals surface area contributed by atoms with E-state index in [2.05, 4.69) is 15.8 Å². The van der Waals surface area contributed by atoms with Crippen molar-refractivity contribution >= 4 is 35.1 Å². The normalized spacial score (nSPS) is 10.7. The maximum absolute atomic E-state index is 6.12. The molecule has 0 radical (unpaired) electrons. The van der Waals surface area contributed by atoms with Gasteiger partial charge in [-0.3, -0.25) is 5.43 Å². The monoisotopic (exact) mass is 307 g/mol. The van der Waals surface area contributed by atoms with Crippen LogP contribution < -0.4 is 10.7 Å². The first-order valence-corrected chi connectivity index (χ1v) is 6.91. The Labute approximate surface area is 127 Å². The van der Waals surface area contributed by atoms with Gasteiger partial charge in [-0.25, -0.2) is 0 Å². The Balaban J connectivity index is 2.05. The van der Waals surface area contributed by atoms with Crippen LogP contribution in [0.15, 0.2) is 45.9 Å². The Morgan fingerprint density at radius 2 is 2.15 bits per heavy atom. The fourth-order valence-electron chi connectivity index (χ4n) is 1.58. The van der Waals surface area contributed by atoms with E-state index in [1.54, 1.807) is 6.21 Å². The fourth-order valence-corrected chi connectivity index (χ4v) is 2.01. The molecule has 2 rings (SSSR count). The van der Waals surface area contributed by atoms with Gasteiger partial charge in [0.1, 0.15) is 11.5 Å². The Kier molecular flexibility index (Phi) is 5.15. The van der Waals surface area contributed by atoms with Crippen LogP contribution in [0.25, 0.3) is 11.3 Å². The molecule has 0 aliphatic rings. The van der Waals surface area contributed by atoms with Gasteiger partial charge in [0.2, 0.25) is 0 Å². The predicted octanol–water partition coefficient (Wildman–Crippen LogP) is 3.42. The highest BCUT2D eigenvalue weighted by Gasteiger charge is 2.06. The van der Waals surface area contributed by atoms with Gasteiger partial charge in [-0.2, -0.15) is 5.10 Å². The van der Waals surface area contributed by atoms with E-state index < -0.39 is 0 Å². The molecule has 0 amide bonds. The van der Waals surface area contributed by atoms with Gasteiger partial charge in [0.05, 0.1) is 11.2 Å². The van der Waals surface area contributed by atoms with Gasteiger partial charge in [0.25, 0.3) is 0 Å². The average molecular weight is 308 g/mol. The third-order valence-corrected chi connectivity index (χ3v) is 3.03. The van der Waals surface area contributed by atoms with Crippen LogP contribution in [0, 0.1) is 0 Å². The second-order valence-electron chi connectivity index (χ2n) is 3.91. The molecule has 0 unspecified atom stereocenters. The molecule has 1 aromatic carbocycles. The minimum atomic E-state index is 0.474. The first-order valence-electron chi connectivity index (χ1n) is 6.12. The van der Waals surface area contributed by atoms with Gasteiger partial charge in [-0.1, -0.05) is 23.7 Å². The van der Waals surface area contributed by atoms with E-state index in [1.165, 1.54) is 0 Å². The summed E-state index contributed by atoms with van der Waals surface area (Å²) in [5, 5.41) is 8.04. The number of hydrogen-bond acceptors (Lipinski definition) is 3. The summed E-state index contributed by atoms with van der Waals surface area (Å²) in [6, 6.07) is 11.2. The molecule has 1 heterocycles. The van der Waals surface area contributed by atoms with Crippen LogP contribution in [-0.4, -0.2) is 17.9 Å². The maximum atomic E-state index is 6.12. The largest absolute Gasteiger partial charge is 0.455 e. The number of benzene rings is 1. The third-order valence-electron chi connectivity index (χ3n) is 2.46. The van der Waals surface area contributed by atoms with Crippen LogP contribution in [-0.2, 0) is 0 Å². The first kappa shape index (κ1) is 14.6. The zero-order valence-electron chi connectivity index (χ0n) is 10.9. The van der Waals surface area contributed by atoms with E-state index in [9.17, 15) is 0 Å². The van der Waals surface area contributed by atoms with E-state index in [0.29, 0.717) is 21.7 Å². The lowest BCUT2D eigenvalue weighted by atomic mass is 10.2. The summed E-state index contributed by atoms with van der Waals surface area (Å²) in [4.78, 5) is 0. The molecular weight excluding hydrogens is 294 g/mol. The minimum Gasteiger partial charge on any atom is -0.455 e. The quantitative estimate of drug-likeness (QED) is 0.516. The Bertz CT molecular complexity index is 624. The minimum absolute atomic E-state index is 0.474. The highest BCUT2D eigenvalue weighted by atomic mass is 35.5. The van der Waals surface area contributed by atoms with Crippen LogP contribution in [0.5, 0.6) is 0 Å². The standard InChI is InChI=1S/C14H14ClN3OS/c1-2-16-14(20)18-17-9-10-7-8-13(19-10)11-5-3-4-6-12(11)15/h3-9H,2H2,1H3,(H2,16,18,20)/b17-9-. The zero-order chi connectivity index (χ0) is 14.4. The first-order chi connectivity index (χ1) is 9.70. The van der Waals surface area contributed by atoms with Crippen LogP contribution in [0.1, 0.15) is 12.7 Å². The van der Waals surface area contributed by atoms with Crippen molar-refractivity contribution in [2.75, 3.05) is 6.54 Å². The molecule has 20 heavy (non-hydrogen) atoms. The van der Waals surface area contributed by atoms with Crippen molar-refractivity contribution in [3.8, 4) is 11.3 Å². The third kappa shape index (κ3) is 3.82. The van der Waals surface area contributed by atoms with Gasteiger partial charge in [0.15, 0.2) is 5.11 Å².